The van der Waals surface area contributed by atoms with Crippen LogP contribution in [-0.2, 0) is 16.1 Å². The number of esters is 1. The molecular weight excluding hydrogens is 282 g/mol. The van der Waals surface area contributed by atoms with Crippen molar-refractivity contribution in [3.8, 4) is 11.5 Å². The molecule has 1 rings (SSSR count). The maximum Gasteiger partial charge on any atom is 0.343 e. The van der Waals surface area contributed by atoms with E-state index in [9.17, 15) is 4.79 Å². The summed E-state index contributed by atoms with van der Waals surface area (Å²) in [6.07, 6.45) is 0. The average molecular weight is 302 g/mol. The summed E-state index contributed by atoms with van der Waals surface area (Å²) in [5, 5.41) is 3.69. The molecule has 0 saturated heterocycles. The van der Waals surface area contributed by atoms with Crippen molar-refractivity contribution < 1.29 is 19.0 Å². The van der Waals surface area contributed by atoms with Crippen LogP contribution < -0.4 is 14.8 Å². The summed E-state index contributed by atoms with van der Waals surface area (Å²) in [5.74, 6) is 0.350. The van der Waals surface area contributed by atoms with Gasteiger partial charge in [-0.3, -0.25) is 0 Å². The zero-order valence-corrected chi connectivity index (χ0v) is 12.9. The topological polar surface area (TPSA) is 56.8 Å². The first-order valence-electron chi connectivity index (χ1n) is 6.27. The average Bonchev–Trinajstić information content (AvgIpc) is 2.42. The Hall–Kier alpha value is -1.46. The van der Waals surface area contributed by atoms with Gasteiger partial charge in [-0.2, -0.15) is 0 Å². The molecule has 0 atom stereocenters. The van der Waals surface area contributed by atoms with Crippen LogP contribution in [0.3, 0.4) is 0 Å². The van der Waals surface area contributed by atoms with Gasteiger partial charge in [-0.25, -0.2) is 4.79 Å². The van der Waals surface area contributed by atoms with E-state index in [-0.39, 0.29) is 6.61 Å². The summed E-state index contributed by atoms with van der Waals surface area (Å²) in [7, 11) is 2.82. The van der Waals surface area contributed by atoms with Crippen LogP contribution in [0.2, 0.25) is 5.02 Å². The minimum atomic E-state index is -0.478. The maximum absolute atomic E-state index is 11.1. The predicted octanol–water partition coefficient (Wildman–Crippen LogP) is 2.40. The highest BCUT2D eigenvalue weighted by molar-refractivity contribution is 6.32. The van der Waals surface area contributed by atoms with Crippen LogP contribution in [0.1, 0.15) is 19.4 Å². The van der Waals surface area contributed by atoms with Gasteiger partial charge in [0.15, 0.2) is 18.1 Å². The highest BCUT2D eigenvalue weighted by atomic mass is 35.5. The Labute approximate surface area is 124 Å². The third kappa shape index (κ3) is 4.90. The number of benzene rings is 1. The Bertz CT molecular complexity index is 463. The van der Waals surface area contributed by atoms with Gasteiger partial charge in [0.1, 0.15) is 0 Å². The van der Waals surface area contributed by atoms with Crippen molar-refractivity contribution in [2.24, 2.45) is 0 Å². The van der Waals surface area contributed by atoms with Crippen LogP contribution in [0.25, 0.3) is 0 Å². The second-order valence-corrected chi connectivity index (χ2v) is 4.92. The van der Waals surface area contributed by atoms with E-state index in [2.05, 4.69) is 23.9 Å². The fourth-order valence-electron chi connectivity index (χ4n) is 1.53. The summed E-state index contributed by atoms with van der Waals surface area (Å²) >= 11 is 6.17. The zero-order valence-electron chi connectivity index (χ0n) is 12.2. The Balaban J connectivity index is 2.87. The first kappa shape index (κ1) is 16.6. The Morgan fingerprint density at radius 1 is 1.35 bits per heavy atom. The fraction of sp³-hybridized carbons (Fsp3) is 0.500. The number of carbonyl (C=O) groups is 1. The van der Waals surface area contributed by atoms with Crippen LogP contribution >= 0.6 is 11.6 Å². The molecule has 0 heterocycles. The maximum atomic E-state index is 11.1. The van der Waals surface area contributed by atoms with Gasteiger partial charge in [0.2, 0.25) is 0 Å². The second kappa shape index (κ2) is 7.97. The third-order valence-electron chi connectivity index (χ3n) is 2.57. The van der Waals surface area contributed by atoms with Gasteiger partial charge in [0, 0.05) is 12.6 Å². The smallest absolute Gasteiger partial charge is 0.343 e. The van der Waals surface area contributed by atoms with Crippen molar-refractivity contribution in [1.82, 2.24) is 5.32 Å². The molecule has 0 aliphatic carbocycles. The van der Waals surface area contributed by atoms with Crippen molar-refractivity contribution in [1.29, 1.82) is 0 Å². The molecule has 0 saturated carbocycles. The zero-order chi connectivity index (χ0) is 15.1. The number of hydrogen-bond acceptors (Lipinski definition) is 5. The number of nitrogens with one attached hydrogen (secondary N) is 1. The highest BCUT2D eigenvalue weighted by Crippen LogP contribution is 2.36. The summed E-state index contributed by atoms with van der Waals surface area (Å²) in [6.45, 7) is 4.58. The first-order valence-corrected chi connectivity index (χ1v) is 6.65. The van der Waals surface area contributed by atoms with E-state index >= 15 is 0 Å². The minimum absolute atomic E-state index is 0.212. The Kier molecular flexibility index (Phi) is 6.61. The van der Waals surface area contributed by atoms with E-state index < -0.39 is 5.97 Å². The normalized spacial score (nSPS) is 10.5. The van der Waals surface area contributed by atoms with Gasteiger partial charge in [0.25, 0.3) is 0 Å². The summed E-state index contributed by atoms with van der Waals surface area (Å²) in [5.41, 5.74) is 0.978. The molecule has 112 valence electrons. The number of carbonyl (C=O) groups excluding carboxylic acids is 1. The van der Waals surface area contributed by atoms with Crippen LogP contribution in [0.4, 0.5) is 0 Å². The molecule has 1 aromatic rings. The molecule has 5 nitrogen and oxygen atoms in total. The van der Waals surface area contributed by atoms with Gasteiger partial charge >= 0.3 is 5.97 Å². The summed E-state index contributed by atoms with van der Waals surface area (Å²) in [6, 6.07) is 3.98. The molecular formula is C14H20ClNO4. The van der Waals surface area contributed by atoms with Crippen molar-refractivity contribution in [3.63, 3.8) is 0 Å². The largest absolute Gasteiger partial charge is 0.493 e. The van der Waals surface area contributed by atoms with E-state index in [0.29, 0.717) is 29.1 Å². The molecule has 0 bridgehead atoms. The lowest BCUT2D eigenvalue weighted by Gasteiger charge is -2.14. The first-order chi connectivity index (χ1) is 9.47. The van der Waals surface area contributed by atoms with Gasteiger partial charge in [0.05, 0.1) is 19.2 Å². The van der Waals surface area contributed by atoms with Gasteiger partial charge in [-0.15, -0.1) is 0 Å². The summed E-state index contributed by atoms with van der Waals surface area (Å²) < 4.78 is 15.1. The molecule has 0 aliphatic rings. The molecule has 0 aromatic heterocycles. The van der Waals surface area contributed by atoms with E-state index in [1.807, 2.05) is 6.07 Å². The van der Waals surface area contributed by atoms with Gasteiger partial charge in [-0.1, -0.05) is 25.4 Å². The molecule has 6 heteroatoms. The number of rotatable bonds is 7. The van der Waals surface area contributed by atoms with Crippen LogP contribution in [0.15, 0.2) is 12.1 Å². The van der Waals surface area contributed by atoms with Crippen LogP contribution in [-0.4, -0.2) is 32.8 Å². The number of halogens is 1. The minimum Gasteiger partial charge on any atom is -0.493 e. The van der Waals surface area contributed by atoms with Crippen molar-refractivity contribution >= 4 is 17.6 Å². The van der Waals surface area contributed by atoms with Crippen molar-refractivity contribution in [2.75, 3.05) is 20.8 Å². The lowest BCUT2D eigenvalue weighted by atomic mass is 10.2. The Morgan fingerprint density at radius 2 is 2.05 bits per heavy atom. The third-order valence-corrected chi connectivity index (χ3v) is 2.85. The van der Waals surface area contributed by atoms with Crippen LogP contribution in [0.5, 0.6) is 11.5 Å². The Morgan fingerprint density at radius 3 is 2.60 bits per heavy atom. The van der Waals surface area contributed by atoms with Gasteiger partial charge in [-0.05, 0) is 17.7 Å². The molecule has 0 radical (unpaired) electrons. The number of hydrogen-bond donors (Lipinski definition) is 1. The summed E-state index contributed by atoms with van der Waals surface area (Å²) in [4.78, 5) is 11.1. The quantitative estimate of drug-likeness (QED) is 0.784. The molecule has 0 amide bonds. The van der Waals surface area contributed by atoms with E-state index in [1.165, 1.54) is 14.2 Å². The van der Waals surface area contributed by atoms with Crippen molar-refractivity contribution in [2.45, 2.75) is 26.4 Å². The fourth-order valence-corrected chi connectivity index (χ4v) is 1.82. The molecule has 0 unspecified atom stereocenters. The number of ether oxygens (including phenoxy) is 3. The molecule has 1 N–H and O–H groups in total. The van der Waals surface area contributed by atoms with Crippen molar-refractivity contribution in [3.05, 3.63) is 22.7 Å². The molecule has 0 fully saturated rings. The van der Waals surface area contributed by atoms with Gasteiger partial charge < -0.3 is 19.5 Å². The molecule has 1 aromatic carbocycles. The molecule has 0 spiro atoms. The van der Waals surface area contributed by atoms with Crippen LogP contribution in [0, 0.1) is 0 Å². The van der Waals surface area contributed by atoms with E-state index in [1.54, 1.807) is 6.07 Å². The number of methoxy groups -OCH3 is 2. The van der Waals surface area contributed by atoms with E-state index in [0.717, 1.165) is 5.56 Å². The molecule has 0 aliphatic heterocycles. The van der Waals surface area contributed by atoms with E-state index in [4.69, 9.17) is 21.1 Å². The lowest BCUT2D eigenvalue weighted by Crippen LogP contribution is -2.21. The molecule has 20 heavy (non-hydrogen) atoms. The SMILES string of the molecule is COC(=O)COc1c(Cl)cc(CNC(C)C)cc1OC. The lowest BCUT2D eigenvalue weighted by molar-refractivity contribution is -0.142. The standard InChI is InChI=1S/C14H20ClNO4/c1-9(2)16-7-10-5-11(15)14(12(6-10)18-3)20-8-13(17)19-4/h5-6,9,16H,7-8H2,1-4H3. The highest BCUT2D eigenvalue weighted by Gasteiger charge is 2.14. The predicted molar refractivity (Wildman–Crippen MR) is 77.5 cm³/mol. The second-order valence-electron chi connectivity index (χ2n) is 4.51. The monoisotopic (exact) mass is 301 g/mol.